The summed E-state index contributed by atoms with van der Waals surface area (Å²) in [6, 6.07) is 34.3. The zero-order valence-corrected chi connectivity index (χ0v) is 23.6. The third kappa shape index (κ3) is 4.12. The Labute approximate surface area is 236 Å². The van der Waals surface area contributed by atoms with Crippen LogP contribution < -0.4 is 0 Å². The van der Waals surface area contributed by atoms with Gasteiger partial charge in [-0.1, -0.05) is 83.9 Å². The number of hydrogen-bond donors (Lipinski definition) is 0. The molecule has 38 heavy (non-hydrogen) atoms. The van der Waals surface area contributed by atoms with Crippen molar-refractivity contribution in [3.8, 4) is 45.2 Å². The number of benzene rings is 3. The molecule has 2 aliphatic heterocycles. The molecule has 4 nitrogen and oxygen atoms in total. The average Bonchev–Trinajstić information content (AvgIpc) is 3.40. The molecule has 7 rings (SSSR count). The van der Waals surface area contributed by atoms with E-state index in [1.165, 1.54) is 11.1 Å². The first-order chi connectivity index (χ1) is 18.0. The summed E-state index contributed by atoms with van der Waals surface area (Å²) in [6.45, 7) is 4.39. The Balaban J connectivity index is 0.00000264. The van der Waals surface area contributed by atoms with Gasteiger partial charge in [-0.15, -0.1) is 23.8 Å². The van der Waals surface area contributed by atoms with Crippen LogP contribution in [0.2, 0.25) is 0 Å². The van der Waals surface area contributed by atoms with Crippen LogP contribution in [0.4, 0.5) is 0 Å². The zero-order valence-electron chi connectivity index (χ0n) is 21.2. The standard InChI is InChI=1S/C33H26N3O.Ir/c1-32-17-18-33(2,37-32)27-19-24(13-15-26(27)32)28-16-14-25(21-34-28)31-35-29(22-9-5-3-6-10-22)20-30(36-31)23-11-7-4-8-12-23;/h3-12,14-16,19-21H,17-18H2,1-2H3;/q-1;. The van der Waals surface area contributed by atoms with E-state index in [0.717, 1.165) is 52.2 Å². The van der Waals surface area contributed by atoms with Gasteiger partial charge in [0.05, 0.1) is 22.6 Å². The second-order valence-electron chi connectivity index (χ2n) is 10.4. The fraction of sp³-hybridized carbons (Fsp3) is 0.182. The summed E-state index contributed by atoms with van der Waals surface area (Å²) in [5, 5.41) is 0. The van der Waals surface area contributed by atoms with Crippen LogP contribution in [-0.4, -0.2) is 15.0 Å². The fourth-order valence-corrected chi connectivity index (χ4v) is 5.75. The van der Waals surface area contributed by atoms with Gasteiger partial charge in [0, 0.05) is 43.0 Å². The molecule has 1 radical (unpaired) electrons. The van der Waals surface area contributed by atoms with Crippen molar-refractivity contribution in [2.75, 3.05) is 0 Å². The number of hydrogen-bond acceptors (Lipinski definition) is 4. The molecule has 0 aliphatic carbocycles. The van der Waals surface area contributed by atoms with Crippen molar-refractivity contribution in [1.29, 1.82) is 0 Å². The van der Waals surface area contributed by atoms with Gasteiger partial charge < -0.3 is 9.72 Å². The number of fused-ring (bicyclic) bond motifs is 5. The molecule has 2 unspecified atom stereocenters. The Morgan fingerprint density at radius 2 is 1.29 bits per heavy atom. The molecule has 189 valence electrons. The maximum absolute atomic E-state index is 6.42. The van der Waals surface area contributed by atoms with Crippen molar-refractivity contribution < 1.29 is 24.8 Å². The van der Waals surface area contributed by atoms with Gasteiger partial charge in [-0.3, -0.25) is 0 Å². The molecular formula is C33H26IrN3O-. The second-order valence-corrected chi connectivity index (χ2v) is 10.4. The van der Waals surface area contributed by atoms with Crippen molar-refractivity contribution >= 4 is 0 Å². The van der Waals surface area contributed by atoms with E-state index in [1.54, 1.807) is 0 Å². The Morgan fingerprint density at radius 3 is 1.87 bits per heavy atom. The predicted octanol–water partition coefficient (Wildman–Crippen LogP) is 7.59. The largest absolute Gasteiger partial charge is 0.371 e. The summed E-state index contributed by atoms with van der Waals surface area (Å²) in [5.41, 5.74) is 8.76. The molecule has 0 amide bonds. The van der Waals surface area contributed by atoms with Crippen LogP contribution >= 0.6 is 0 Å². The molecule has 0 spiro atoms. The molecule has 3 aromatic carbocycles. The van der Waals surface area contributed by atoms with Gasteiger partial charge >= 0.3 is 0 Å². The first-order valence-corrected chi connectivity index (χ1v) is 12.7. The van der Waals surface area contributed by atoms with Crippen LogP contribution in [0.3, 0.4) is 0 Å². The fourth-order valence-electron chi connectivity index (χ4n) is 5.75. The normalized spacial score (nSPS) is 21.1. The van der Waals surface area contributed by atoms with Crippen molar-refractivity contribution in [1.82, 2.24) is 15.0 Å². The van der Waals surface area contributed by atoms with Gasteiger partial charge in [-0.25, -0.2) is 9.97 Å². The monoisotopic (exact) mass is 673 g/mol. The minimum absolute atomic E-state index is 0. The van der Waals surface area contributed by atoms with Crippen LogP contribution in [0.15, 0.2) is 97.2 Å². The summed E-state index contributed by atoms with van der Waals surface area (Å²) in [4.78, 5) is 14.6. The van der Waals surface area contributed by atoms with Crippen LogP contribution in [-0.2, 0) is 36.0 Å². The summed E-state index contributed by atoms with van der Waals surface area (Å²) in [7, 11) is 0. The Kier molecular flexibility index (Phi) is 6.11. The van der Waals surface area contributed by atoms with E-state index in [2.05, 4.69) is 56.3 Å². The van der Waals surface area contributed by atoms with E-state index in [1.807, 2.05) is 60.8 Å². The van der Waals surface area contributed by atoms with Crippen molar-refractivity contribution in [3.63, 3.8) is 0 Å². The number of rotatable bonds is 4. The SMILES string of the molecule is CC12CCC(C)(O1)c1cc(-c3ccc(-c4nc(-c5ccccc5)cc(-c5ccccc5)n4)cn3)[c-]cc12.[Ir]. The minimum Gasteiger partial charge on any atom is -0.371 e. The second kappa shape index (κ2) is 9.36. The predicted molar refractivity (Wildman–Crippen MR) is 145 cm³/mol. The quantitative estimate of drug-likeness (QED) is 0.185. The van der Waals surface area contributed by atoms with Crippen molar-refractivity contribution in [2.24, 2.45) is 0 Å². The van der Waals surface area contributed by atoms with E-state index < -0.39 is 0 Å². The molecular weight excluding hydrogens is 647 g/mol. The third-order valence-corrected chi connectivity index (χ3v) is 7.78. The number of pyridine rings is 1. The molecule has 0 saturated carbocycles. The van der Waals surface area contributed by atoms with Crippen LogP contribution in [0.25, 0.3) is 45.2 Å². The molecule has 2 atom stereocenters. The molecule has 0 N–H and O–H groups in total. The molecule has 5 heteroatoms. The van der Waals surface area contributed by atoms with E-state index in [9.17, 15) is 0 Å². The Bertz CT molecular complexity index is 1560. The summed E-state index contributed by atoms with van der Waals surface area (Å²) >= 11 is 0. The Hall–Kier alpha value is -3.50. The smallest absolute Gasteiger partial charge is 0.161 e. The number of aromatic nitrogens is 3. The van der Waals surface area contributed by atoms with Crippen LogP contribution in [0, 0.1) is 6.07 Å². The van der Waals surface area contributed by atoms with Gasteiger partial charge in [-0.05, 0) is 38.4 Å². The first kappa shape index (κ1) is 24.8. The van der Waals surface area contributed by atoms with E-state index in [-0.39, 0.29) is 31.3 Å². The molecule has 4 heterocycles. The van der Waals surface area contributed by atoms with E-state index in [4.69, 9.17) is 19.7 Å². The van der Waals surface area contributed by atoms with Crippen molar-refractivity contribution in [3.05, 3.63) is 114 Å². The third-order valence-electron chi connectivity index (χ3n) is 7.78. The topological polar surface area (TPSA) is 47.9 Å². The number of ether oxygens (including phenoxy) is 1. The minimum atomic E-state index is -0.215. The number of nitrogens with zero attached hydrogens (tertiary/aromatic N) is 3. The van der Waals surface area contributed by atoms with Crippen LogP contribution in [0.5, 0.6) is 0 Å². The van der Waals surface area contributed by atoms with E-state index >= 15 is 0 Å². The van der Waals surface area contributed by atoms with Gasteiger partial charge in [0.25, 0.3) is 0 Å². The average molecular weight is 673 g/mol. The van der Waals surface area contributed by atoms with Gasteiger partial charge in [0.15, 0.2) is 5.82 Å². The molecule has 1 saturated heterocycles. The zero-order chi connectivity index (χ0) is 25.0. The van der Waals surface area contributed by atoms with Gasteiger partial charge in [-0.2, -0.15) is 0 Å². The summed E-state index contributed by atoms with van der Waals surface area (Å²) in [5.74, 6) is 0.656. The van der Waals surface area contributed by atoms with Gasteiger partial charge in [0.2, 0.25) is 0 Å². The molecule has 5 aromatic rings. The summed E-state index contributed by atoms with van der Waals surface area (Å²) in [6.07, 6.45) is 3.97. The van der Waals surface area contributed by atoms with Crippen LogP contribution in [0.1, 0.15) is 37.8 Å². The maximum atomic E-state index is 6.42. The first-order valence-electron chi connectivity index (χ1n) is 12.7. The van der Waals surface area contributed by atoms with E-state index in [0.29, 0.717) is 5.82 Å². The molecule has 2 aliphatic rings. The molecule has 2 bridgehead atoms. The summed E-state index contributed by atoms with van der Waals surface area (Å²) < 4.78 is 6.42. The molecule has 2 aromatic heterocycles. The van der Waals surface area contributed by atoms with Gasteiger partial charge in [0.1, 0.15) is 0 Å². The maximum Gasteiger partial charge on any atom is 0.161 e. The Morgan fingerprint density at radius 1 is 0.684 bits per heavy atom. The molecule has 1 fully saturated rings. The van der Waals surface area contributed by atoms with Crippen molar-refractivity contribution in [2.45, 2.75) is 37.9 Å².